The van der Waals surface area contributed by atoms with Gasteiger partial charge in [-0.05, 0) is 59.2 Å². The van der Waals surface area contributed by atoms with Crippen LogP contribution in [0.4, 0.5) is 0 Å². The fourth-order valence-corrected chi connectivity index (χ4v) is 7.89. The van der Waals surface area contributed by atoms with E-state index in [0.717, 1.165) is 12.8 Å². The summed E-state index contributed by atoms with van der Waals surface area (Å²) < 4.78 is 1.55. The minimum absolute atomic E-state index is 1.13. The summed E-state index contributed by atoms with van der Waals surface area (Å²) >= 11 is 5.97. The second-order valence-electron chi connectivity index (χ2n) is 6.65. The molecule has 0 fully saturated rings. The molecule has 4 aromatic rings. The molecule has 0 atom stereocenters. The molecule has 0 spiro atoms. The molecule has 112 valence electrons. The van der Waals surface area contributed by atoms with E-state index in [1.54, 1.807) is 26.3 Å². The van der Waals surface area contributed by atoms with Gasteiger partial charge in [0.25, 0.3) is 0 Å². The second kappa shape index (κ2) is 4.15. The predicted molar refractivity (Wildman–Crippen MR) is 104 cm³/mol. The highest BCUT2D eigenvalue weighted by Crippen LogP contribution is 2.53. The lowest BCUT2D eigenvalue weighted by molar-refractivity contribution is 1.28. The first-order valence-corrected chi connectivity index (χ1v) is 10.4. The first-order chi connectivity index (χ1) is 11.2. The van der Waals surface area contributed by atoms with Crippen molar-refractivity contribution in [2.24, 2.45) is 0 Å². The van der Waals surface area contributed by atoms with Crippen LogP contribution in [0.1, 0.15) is 32.0 Å². The van der Waals surface area contributed by atoms with Crippen LogP contribution < -0.4 is 0 Å². The average Bonchev–Trinajstić information content (AvgIpc) is 3.23. The van der Waals surface area contributed by atoms with Gasteiger partial charge in [-0.3, -0.25) is 0 Å². The van der Waals surface area contributed by atoms with E-state index in [4.69, 9.17) is 0 Å². The molecule has 3 heteroatoms. The minimum Gasteiger partial charge on any atom is -0.140 e. The highest BCUT2D eigenvalue weighted by Gasteiger charge is 2.29. The maximum atomic E-state index is 2.39. The normalized spacial score (nSPS) is 14.2. The summed E-state index contributed by atoms with van der Waals surface area (Å²) in [6.07, 6.45) is 2.26. The number of benzene rings is 1. The van der Waals surface area contributed by atoms with E-state index in [9.17, 15) is 0 Å². The van der Waals surface area contributed by atoms with Crippen molar-refractivity contribution in [2.75, 3.05) is 0 Å². The molecule has 0 N–H and O–H groups in total. The van der Waals surface area contributed by atoms with Gasteiger partial charge in [0.15, 0.2) is 0 Å². The number of fused-ring (bicyclic) bond motifs is 9. The van der Waals surface area contributed by atoms with Crippen molar-refractivity contribution in [2.45, 2.75) is 26.7 Å². The fourth-order valence-electron chi connectivity index (χ4n) is 4.21. The Bertz CT molecular complexity index is 1130. The van der Waals surface area contributed by atoms with E-state index in [0.29, 0.717) is 0 Å². The van der Waals surface area contributed by atoms with Crippen LogP contribution in [-0.2, 0) is 12.8 Å². The summed E-state index contributed by atoms with van der Waals surface area (Å²) in [5.74, 6) is 0. The molecule has 23 heavy (non-hydrogen) atoms. The van der Waals surface area contributed by atoms with Crippen molar-refractivity contribution in [1.29, 1.82) is 0 Å². The molecule has 6 rings (SSSR count). The van der Waals surface area contributed by atoms with Gasteiger partial charge in [-0.15, -0.1) is 34.0 Å². The molecule has 1 aromatic carbocycles. The third-order valence-corrected chi connectivity index (χ3v) is 8.80. The summed E-state index contributed by atoms with van der Waals surface area (Å²) in [6, 6.07) is 9.53. The maximum absolute atomic E-state index is 2.39. The Morgan fingerprint density at radius 1 is 0.739 bits per heavy atom. The topological polar surface area (TPSA) is 0 Å². The molecule has 0 saturated heterocycles. The van der Waals surface area contributed by atoms with Crippen LogP contribution in [0.25, 0.3) is 30.3 Å². The largest absolute Gasteiger partial charge is 0.140 e. The standard InChI is InChI=1S/C20H14S3/c1-9-5-11-7-15-13(17(11)21-9)3-4-14-16-8-12-6-10(2)22-18(12)20(16)23-19(14)15/h3-6H,7-8H2,1-2H3. The summed E-state index contributed by atoms with van der Waals surface area (Å²) in [6.45, 7) is 4.45. The van der Waals surface area contributed by atoms with Gasteiger partial charge in [-0.25, -0.2) is 0 Å². The molecule has 0 nitrogen and oxygen atoms in total. The predicted octanol–water partition coefficient (Wildman–Crippen LogP) is 6.78. The molecule has 2 aliphatic carbocycles. The number of hydrogen-bond donors (Lipinski definition) is 0. The average molecular weight is 351 g/mol. The number of rotatable bonds is 0. The molecule has 0 saturated carbocycles. The van der Waals surface area contributed by atoms with Crippen molar-refractivity contribution in [1.82, 2.24) is 0 Å². The van der Waals surface area contributed by atoms with Crippen LogP contribution in [0.5, 0.6) is 0 Å². The minimum atomic E-state index is 1.13. The lowest BCUT2D eigenvalue weighted by atomic mass is 10.0. The molecule has 0 bridgehead atoms. The van der Waals surface area contributed by atoms with Crippen molar-refractivity contribution in [3.05, 3.63) is 56.3 Å². The summed E-state index contributed by atoms with van der Waals surface area (Å²) in [4.78, 5) is 7.48. The zero-order valence-corrected chi connectivity index (χ0v) is 15.4. The van der Waals surface area contributed by atoms with Gasteiger partial charge in [0.2, 0.25) is 0 Å². The summed E-state index contributed by atoms with van der Waals surface area (Å²) in [5, 5.41) is 1.51. The fraction of sp³-hybridized carbons (Fsp3) is 0.200. The van der Waals surface area contributed by atoms with Crippen molar-refractivity contribution in [3.8, 4) is 20.2 Å². The van der Waals surface area contributed by atoms with Gasteiger partial charge < -0.3 is 0 Å². The van der Waals surface area contributed by atoms with Crippen LogP contribution in [-0.4, -0.2) is 0 Å². The van der Waals surface area contributed by atoms with Crippen molar-refractivity contribution >= 4 is 44.1 Å². The zero-order chi connectivity index (χ0) is 15.3. The van der Waals surface area contributed by atoms with Crippen LogP contribution in [0.15, 0.2) is 24.3 Å². The van der Waals surface area contributed by atoms with Crippen LogP contribution in [0, 0.1) is 13.8 Å². The van der Waals surface area contributed by atoms with E-state index in [2.05, 4.69) is 38.1 Å². The Hall–Kier alpha value is -1.42. The van der Waals surface area contributed by atoms with Gasteiger partial charge in [-0.1, -0.05) is 12.1 Å². The first-order valence-electron chi connectivity index (χ1n) is 7.95. The molecule has 3 heterocycles. The Labute approximate surface area is 147 Å². The molecular weight excluding hydrogens is 336 g/mol. The Kier molecular flexibility index (Phi) is 2.34. The Morgan fingerprint density at radius 3 is 2.26 bits per heavy atom. The molecule has 2 aliphatic rings. The van der Waals surface area contributed by atoms with Gasteiger partial charge >= 0.3 is 0 Å². The third kappa shape index (κ3) is 1.56. The third-order valence-electron chi connectivity index (χ3n) is 5.11. The van der Waals surface area contributed by atoms with Gasteiger partial charge in [0.1, 0.15) is 0 Å². The van der Waals surface area contributed by atoms with Gasteiger partial charge in [0, 0.05) is 41.9 Å². The highest BCUT2D eigenvalue weighted by atomic mass is 32.1. The molecule has 0 unspecified atom stereocenters. The molecular formula is C20H14S3. The quantitative estimate of drug-likeness (QED) is 0.283. The van der Waals surface area contributed by atoms with E-state index >= 15 is 0 Å². The van der Waals surface area contributed by atoms with Crippen LogP contribution in [0.2, 0.25) is 0 Å². The van der Waals surface area contributed by atoms with Gasteiger partial charge in [-0.2, -0.15) is 0 Å². The maximum Gasteiger partial charge on any atom is 0.0493 e. The Balaban J connectivity index is 1.64. The molecule has 0 radical (unpaired) electrons. The first kappa shape index (κ1) is 12.9. The second-order valence-corrected chi connectivity index (χ2v) is 10.2. The monoisotopic (exact) mass is 350 g/mol. The van der Waals surface area contributed by atoms with E-state index in [-0.39, 0.29) is 0 Å². The summed E-state index contributed by atoms with van der Waals surface area (Å²) in [7, 11) is 0. The van der Waals surface area contributed by atoms with E-state index < -0.39 is 0 Å². The number of hydrogen-bond acceptors (Lipinski definition) is 3. The highest BCUT2D eigenvalue weighted by molar-refractivity contribution is 7.26. The van der Waals surface area contributed by atoms with Crippen molar-refractivity contribution < 1.29 is 0 Å². The molecule has 3 aromatic heterocycles. The number of thiophene rings is 3. The van der Waals surface area contributed by atoms with E-state index in [1.807, 2.05) is 34.0 Å². The van der Waals surface area contributed by atoms with Crippen LogP contribution >= 0.6 is 34.0 Å². The SMILES string of the molecule is Cc1cc2c(s1)-c1ccc3c4c(sc3c1C2)-c1sc(C)cc1C4. The Morgan fingerprint density at radius 2 is 1.43 bits per heavy atom. The summed E-state index contributed by atoms with van der Waals surface area (Å²) in [5.41, 5.74) is 7.74. The van der Waals surface area contributed by atoms with Crippen LogP contribution in [0.3, 0.4) is 0 Å². The smallest absolute Gasteiger partial charge is 0.0493 e. The zero-order valence-electron chi connectivity index (χ0n) is 12.9. The molecule has 0 amide bonds. The van der Waals surface area contributed by atoms with E-state index in [1.165, 1.54) is 36.0 Å². The lowest BCUT2D eigenvalue weighted by Crippen LogP contribution is -1.84. The molecule has 0 aliphatic heterocycles. The van der Waals surface area contributed by atoms with Gasteiger partial charge in [0.05, 0.1) is 0 Å². The lowest BCUT2D eigenvalue weighted by Gasteiger charge is -2.03. The van der Waals surface area contributed by atoms with Crippen molar-refractivity contribution in [3.63, 3.8) is 0 Å². The number of aryl methyl sites for hydroxylation is 2.